The van der Waals surface area contributed by atoms with Gasteiger partial charge in [0.2, 0.25) is 0 Å². The second-order valence-electron chi connectivity index (χ2n) is 5.41. The minimum atomic E-state index is -0.711. The Morgan fingerprint density at radius 3 is 2.59 bits per heavy atom. The molecule has 1 aromatic heterocycles. The van der Waals surface area contributed by atoms with Gasteiger partial charge in [-0.15, -0.1) is 0 Å². The molecule has 0 aliphatic heterocycles. The van der Waals surface area contributed by atoms with Gasteiger partial charge in [0.25, 0.3) is 5.91 Å². The van der Waals surface area contributed by atoms with Gasteiger partial charge in [0.15, 0.2) is 5.76 Å². The predicted octanol–water partition coefficient (Wildman–Crippen LogP) is 3.43. The second kappa shape index (κ2) is 6.52. The van der Waals surface area contributed by atoms with E-state index in [2.05, 4.69) is 21.2 Å². The number of furan rings is 1. The summed E-state index contributed by atoms with van der Waals surface area (Å²) in [5.41, 5.74) is 1.37. The van der Waals surface area contributed by atoms with E-state index in [1.54, 1.807) is 6.07 Å². The monoisotopic (exact) mass is 367 g/mol. The van der Waals surface area contributed by atoms with E-state index < -0.39 is 17.9 Å². The smallest absolute Gasteiger partial charge is 0.328 e. The Labute approximate surface area is 137 Å². The number of rotatable bonds is 4. The standard InChI is InChI=1S/C16H18BrNO4/c1-8(2)13(16(20)21-4)18-15(19)14-9(3)11-7-10(17)5-6-12(11)22-14/h5-8,13H,1-4H3,(H,18,19). The molecule has 22 heavy (non-hydrogen) atoms. The van der Waals surface area contributed by atoms with Crippen molar-refractivity contribution >= 4 is 38.8 Å². The molecule has 1 unspecified atom stereocenters. The number of aryl methyl sites for hydroxylation is 1. The molecule has 0 saturated carbocycles. The van der Waals surface area contributed by atoms with E-state index in [1.807, 2.05) is 32.9 Å². The van der Waals surface area contributed by atoms with Crippen molar-refractivity contribution in [2.24, 2.45) is 5.92 Å². The third-order valence-electron chi connectivity index (χ3n) is 3.51. The number of esters is 1. The normalized spacial score (nSPS) is 12.5. The lowest BCUT2D eigenvalue weighted by Gasteiger charge is -2.19. The summed E-state index contributed by atoms with van der Waals surface area (Å²) >= 11 is 3.40. The van der Waals surface area contributed by atoms with Crippen molar-refractivity contribution in [2.45, 2.75) is 26.8 Å². The summed E-state index contributed by atoms with van der Waals surface area (Å²) in [5.74, 6) is -0.772. The molecule has 0 aliphatic carbocycles. The summed E-state index contributed by atoms with van der Waals surface area (Å²) in [4.78, 5) is 24.2. The van der Waals surface area contributed by atoms with Crippen molar-refractivity contribution in [2.75, 3.05) is 7.11 Å². The van der Waals surface area contributed by atoms with Crippen LogP contribution in [0.2, 0.25) is 0 Å². The van der Waals surface area contributed by atoms with Crippen molar-refractivity contribution in [1.29, 1.82) is 0 Å². The number of methoxy groups -OCH3 is 1. The lowest BCUT2D eigenvalue weighted by molar-refractivity contribution is -0.144. The lowest BCUT2D eigenvalue weighted by atomic mass is 10.0. The highest BCUT2D eigenvalue weighted by atomic mass is 79.9. The number of hydrogen-bond acceptors (Lipinski definition) is 4. The first kappa shape index (κ1) is 16.5. The van der Waals surface area contributed by atoms with Crippen LogP contribution in [-0.4, -0.2) is 25.0 Å². The number of ether oxygens (including phenoxy) is 1. The topological polar surface area (TPSA) is 68.5 Å². The van der Waals surface area contributed by atoms with Gasteiger partial charge in [-0.3, -0.25) is 4.79 Å². The molecule has 2 aromatic rings. The van der Waals surface area contributed by atoms with Crippen LogP contribution in [0.4, 0.5) is 0 Å². The zero-order chi connectivity index (χ0) is 16.4. The SMILES string of the molecule is COC(=O)C(NC(=O)c1oc2ccc(Br)cc2c1C)C(C)C. The quantitative estimate of drug-likeness (QED) is 0.840. The summed E-state index contributed by atoms with van der Waals surface area (Å²) in [7, 11) is 1.30. The summed E-state index contributed by atoms with van der Waals surface area (Å²) in [5, 5.41) is 3.54. The lowest BCUT2D eigenvalue weighted by Crippen LogP contribution is -2.45. The highest BCUT2D eigenvalue weighted by molar-refractivity contribution is 9.10. The van der Waals surface area contributed by atoms with Crippen molar-refractivity contribution in [3.8, 4) is 0 Å². The molecule has 1 aromatic carbocycles. The summed E-state index contributed by atoms with van der Waals surface area (Å²) in [6.45, 7) is 5.49. The Bertz CT molecular complexity index is 720. The number of nitrogens with one attached hydrogen (secondary N) is 1. The molecule has 0 aliphatic rings. The van der Waals surface area contributed by atoms with E-state index >= 15 is 0 Å². The Morgan fingerprint density at radius 2 is 2.00 bits per heavy atom. The number of carbonyl (C=O) groups is 2. The van der Waals surface area contributed by atoms with Gasteiger partial charge < -0.3 is 14.5 Å². The van der Waals surface area contributed by atoms with E-state index in [0.717, 1.165) is 15.4 Å². The molecular formula is C16H18BrNO4. The van der Waals surface area contributed by atoms with Crippen LogP contribution in [0.25, 0.3) is 11.0 Å². The first-order chi connectivity index (χ1) is 10.3. The van der Waals surface area contributed by atoms with Crippen molar-refractivity contribution in [1.82, 2.24) is 5.32 Å². The zero-order valence-electron chi connectivity index (χ0n) is 12.9. The van der Waals surface area contributed by atoms with Gasteiger partial charge in [-0.05, 0) is 31.0 Å². The molecule has 118 valence electrons. The van der Waals surface area contributed by atoms with Crippen molar-refractivity contribution in [3.05, 3.63) is 34.0 Å². The van der Waals surface area contributed by atoms with Gasteiger partial charge in [0.1, 0.15) is 11.6 Å². The van der Waals surface area contributed by atoms with Crippen LogP contribution in [0.1, 0.15) is 30.0 Å². The van der Waals surface area contributed by atoms with Gasteiger partial charge in [-0.25, -0.2) is 4.79 Å². The fourth-order valence-electron chi connectivity index (χ4n) is 2.24. The van der Waals surface area contributed by atoms with E-state index in [9.17, 15) is 9.59 Å². The Kier molecular flexibility index (Phi) is 4.90. The second-order valence-corrected chi connectivity index (χ2v) is 6.33. The number of carbonyl (C=O) groups excluding carboxylic acids is 2. The summed E-state index contributed by atoms with van der Waals surface area (Å²) in [6, 6.07) is 4.82. The molecule has 1 atom stereocenters. The highest BCUT2D eigenvalue weighted by Gasteiger charge is 2.27. The molecule has 2 rings (SSSR count). The molecule has 1 amide bonds. The Balaban J connectivity index is 2.33. The minimum absolute atomic E-state index is 0.0878. The maximum absolute atomic E-state index is 12.4. The van der Waals surface area contributed by atoms with Gasteiger partial charge >= 0.3 is 5.97 Å². The molecular weight excluding hydrogens is 350 g/mol. The molecule has 0 radical (unpaired) electrons. The molecule has 1 N–H and O–H groups in total. The summed E-state index contributed by atoms with van der Waals surface area (Å²) < 4.78 is 11.3. The van der Waals surface area contributed by atoms with Crippen LogP contribution in [-0.2, 0) is 9.53 Å². The fourth-order valence-corrected chi connectivity index (χ4v) is 2.60. The van der Waals surface area contributed by atoms with Gasteiger partial charge in [-0.1, -0.05) is 29.8 Å². The number of benzene rings is 1. The zero-order valence-corrected chi connectivity index (χ0v) is 14.5. The Morgan fingerprint density at radius 1 is 1.32 bits per heavy atom. The van der Waals surface area contributed by atoms with Gasteiger partial charge in [0, 0.05) is 15.4 Å². The third kappa shape index (κ3) is 3.16. The first-order valence-corrected chi connectivity index (χ1v) is 7.71. The number of hydrogen-bond donors (Lipinski definition) is 1. The van der Waals surface area contributed by atoms with Crippen LogP contribution in [0, 0.1) is 12.8 Å². The number of halogens is 1. The molecule has 0 bridgehead atoms. The average molecular weight is 368 g/mol. The molecule has 5 nitrogen and oxygen atoms in total. The fraction of sp³-hybridized carbons (Fsp3) is 0.375. The van der Waals surface area contributed by atoms with Gasteiger partial charge in [0.05, 0.1) is 7.11 Å². The average Bonchev–Trinajstić information content (AvgIpc) is 2.80. The van der Waals surface area contributed by atoms with Gasteiger partial charge in [-0.2, -0.15) is 0 Å². The third-order valence-corrected chi connectivity index (χ3v) is 4.01. The van der Waals surface area contributed by atoms with E-state index in [0.29, 0.717) is 5.58 Å². The van der Waals surface area contributed by atoms with E-state index in [4.69, 9.17) is 9.15 Å². The number of amides is 1. The Hall–Kier alpha value is -1.82. The largest absolute Gasteiger partial charge is 0.467 e. The maximum atomic E-state index is 12.4. The highest BCUT2D eigenvalue weighted by Crippen LogP contribution is 2.28. The van der Waals surface area contributed by atoms with Crippen LogP contribution >= 0.6 is 15.9 Å². The maximum Gasteiger partial charge on any atom is 0.328 e. The molecule has 0 fully saturated rings. The van der Waals surface area contributed by atoms with Crippen molar-refractivity contribution in [3.63, 3.8) is 0 Å². The van der Waals surface area contributed by atoms with Crippen LogP contribution in [0.5, 0.6) is 0 Å². The molecule has 0 saturated heterocycles. The summed E-state index contributed by atoms with van der Waals surface area (Å²) in [6.07, 6.45) is 0. The number of fused-ring (bicyclic) bond motifs is 1. The van der Waals surface area contributed by atoms with Crippen LogP contribution in [0.3, 0.4) is 0 Å². The predicted molar refractivity (Wildman–Crippen MR) is 86.8 cm³/mol. The minimum Gasteiger partial charge on any atom is -0.467 e. The molecule has 0 spiro atoms. The molecule has 1 heterocycles. The van der Waals surface area contributed by atoms with E-state index in [-0.39, 0.29) is 11.7 Å². The first-order valence-electron chi connectivity index (χ1n) is 6.92. The van der Waals surface area contributed by atoms with Crippen molar-refractivity contribution < 1.29 is 18.7 Å². The molecule has 6 heteroatoms. The van der Waals surface area contributed by atoms with Crippen LogP contribution in [0.15, 0.2) is 27.1 Å². The van der Waals surface area contributed by atoms with Crippen LogP contribution < -0.4 is 5.32 Å². The van der Waals surface area contributed by atoms with E-state index in [1.165, 1.54) is 7.11 Å².